The number of carbonyl (C=O) groups is 11. The fraction of sp³-hybridized carbons (Fsp3) is 0.836. The van der Waals surface area contributed by atoms with Crippen molar-refractivity contribution in [2.45, 2.75) is 234 Å². The van der Waals surface area contributed by atoms with Gasteiger partial charge < -0.3 is 75.3 Å². The molecule has 0 saturated carbocycles. The Labute approximate surface area is 561 Å². The van der Waals surface area contributed by atoms with Gasteiger partial charge in [0.2, 0.25) is 65.0 Å². The summed E-state index contributed by atoms with van der Waals surface area (Å²) in [6.07, 6.45) is -0.914. The molecule has 6 N–H and O–H groups in total. The maximum absolute atomic E-state index is 15.2. The summed E-state index contributed by atoms with van der Waals surface area (Å²) >= 11 is 0. The Kier molecular flexibility index (Phi) is 35.1. The third-order valence-corrected chi connectivity index (χ3v) is 18.4. The van der Waals surface area contributed by atoms with Gasteiger partial charge in [0.1, 0.15) is 66.5 Å². The summed E-state index contributed by atoms with van der Waals surface area (Å²) in [5, 5.41) is 33.1. The van der Waals surface area contributed by atoms with Crippen molar-refractivity contribution in [3.63, 3.8) is 0 Å². The number of morpholine rings is 1. The van der Waals surface area contributed by atoms with Crippen LogP contribution in [0, 0.1) is 35.5 Å². The van der Waals surface area contributed by atoms with Gasteiger partial charge in [-0.1, -0.05) is 83.1 Å². The van der Waals surface area contributed by atoms with Crippen molar-refractivity contribution < 1.29 is 72.4 Å². The van der Waals surface area contributed by atoms with E-state index in [4.69, 9.17) is 9.47 Å². The van der Waals surface area contributed by atoms with Crippen molar-refractivity contribution in [3.05, 3.63) is 0 Å². The normalized spacial score (nSPS) is 27.7. The first-order valence-corrected chi connectivity index (χ1v) is 34.0. The van der Waals surface area contributed by atoms with E-state index in [1.807, 2.05) is 41.5 Å². The number of aliphatic hydroxyl groups excluding tert-OH is 2. The molecule has 2 rings (SSSR count). The third kappa shape index (κ3) is 23.4. The lowest BCUT2D eigenvalue weighted by atomic mass is 9.91. The molecule has 2 aliphatic heterocycles. The van der Waals surface area contributed by atoms with Crippen LogP contribution in [-0.4, -0.2) is 288 Å². The molecule has 2 heterocycles. The van der Waals surface area contributed by atoms with Crippen LogP contribution in [0.2, 0.25) is 0 Å². The summed E-state index contributed by atoms with van der Waals surface area (Å²) in [5.41, 5.74) is 0. The van der Waals surface area contributed by atoms with Crippen molar-refractivity contribution in [3.8, 4) is 0 Å². The van der Waals surface area contributed by atoms with Gasteiger partial charge in [-0.05, 0) is 115 Å². The van der Waals surface area contributed by atoms with Crippen LogP contribution in [0.15, 0.2) is 0 Å². The number of likely N-dealkylation sites (N-methyl/N-ethyl adjacent to an activating group) is 7. The van der Waals surface area contributed by atoms with Crippen LogP contribution >= 0.6 is 0 Å². The fourth-order valence-corrected chi connectivity index (χ4v) is 12.2. The second kappa shape index (κ2) is 39.3. The molecule has 0 spiro atoms. The minimum Gasteiger partial charge on any atom is -0.396 e. The quantitative estimate of drug-likeness (QED) is 0.0942. The van der Waals surface area contributed by atoms with Gasteiger partial charge in [0.25, 0.3) is 0 Å². The molecule has 11 amide bonds. The fourth-order valence-electron chi connectivity index (χ4n) is 12.2. The molecule has 94 heavy (non-hydrogen) atoms. The van der Waals surface area contributed by atoms with E-state index in [0.29, 0.717) is 19.6 Å². The molecule has 2 fully saturated rings. The summed E-state index contributed by atoms with van der Waals surface area (Å²) < 4.78 is 11.8. The Hall–Kier alpha value is -6.03. The molecule has 0 aromatic carbocycles. The topological polar surface area (TPSA) is 321 Å². The SMILES string of the molecule is CC[C@@H]1NC(=O)[C@H]([C@H](O)[C@H](C)CCO)N(C)C(=O)[C@H](C(C)C)N(C)C(=O)[C@H](CC(C)C)N(C)C(=O)[C@H](CC(C)C)N(C)C(=O)[C@@H](C)NC(=O)[C@H](C)NC(=O)[C@H](CC(C)C)N(C)C(=O)[C@H](C(C)C)NC(=O)[C@H]([C@@H](C)OCCCCN2CCOCC2)N(C)C(=O)[C@@H](C)N(C)C1=O. The smallest absolute Gasteiger partial charge is 0.246 e. The lowest BCUT2D eigenvalue weighted by Gasteiger charge is -2.41. The highest BCUT2D eigenvalue weighted by molar-refractivity contribution is 6.00. The molecule has 2 saturated heterocycles. The second-order valence-corrected chi connectivity index (χ2v) is 28.2. The van der Waals surface area contributed by atoms with Crippen molar-refractivity contribution in [1.82, 2.24) is 60.5 Å². The number of amides is 11. The number of aliphatic hydroxyl groups is 2. The van der Waals surface area contributed by atoms with Crippen LogP contribution in [0.25, 0.3) is 0 Å². The Balaban J connectivity index is 2.99. The van der Waals surface area contributed by atoms with E-state index in [0.717, 1.165) is 40.8 Å². The van der Waals surface area contributed by atoms with E-state index < -0.39 is 161 Å². The summed E-state index contributed by atoms with van der Waals surface area (Å²) in [5.74, 6) is -10.5. The van der Waals surface area contributed by atoms with E-state index in [2.05, 4.69) is 26.2 Å². The molecule has 0 bridgehead atoms. The molecule has 0 unspecified atom stereocenters. The zero-order valence-electron chi connectivity index (χ0n) is 61.1. The van der Waals surface area contributed by atoms with Gasteiger partial charge in [0.05, 0.1) is 25.4 Å². The average Bonchev–Trinajstić information content (AvgIpc) is 0.810. The number of hydrogen-bond donors (Lipinski definition) is 6. The van der Waals surface area contributed by atoms with E-state index >= 15 is 19.2 Å². The van der Waals surface area contributed by atoms with Crippen LogP contribution in [-0.2, 0) is 62.2 Å². The minimum atomic E-state index is -1.72. The molecule has 0 aromatic rings. The number of unbranched alkanes of at least 4 members (excludes halogenated alkanes) is 1. The predicted molar refractivity (Wildman–Crippen MR) is 358 cm³/mol. The zero-order chi connectivity index (χ0) is 72.1. The first-order chi connectivity index (χ1) is 43.7. The van der Waals surface area contributed by atoms with Crippen LogP contribution < -0.4 is 21.3 Å². The average molecular weight is 1340 g/mol. The highest BCUT2D eigenvalue weighted by Gasteiger charge is 2.46. The predicted octanol–water partition coefficient (Wildman–Crippen LogP) is 1.55. The maximum atomic E-state index is 15.2. The summed E-state index contributed by atoms with van der Waals surface area (Å²) in [4.78, 5) is 173. The molecule has 0 aromatic heterocycles. The van der Waals surface area contributed by atoms with Gasteiger partial charge in [-0.2, -0.15) is 0 Å². The van der Waals surface area contributed by atoms with Crippen molar-refractivity contribution >= 4 is 65.0 Å². The second-order valence-electron chi connectivity index (χ2n) is 28.2. The first kappa shape index (κ1) is 84.1. The van der Waals surface area contributed by atoms with Gasteiger partial charge in [-0.3, -0.25) is 57.6 Å². The summed E-state index contributed by atoms with van der Waals surface area (Å²) in [6.45, 7) is 30.6. The van der Waals surface area contributed by atoms with Crippen LogP contribution in [0.5, 0.6) is 0 Å². The van der Waals surface area contributed by atoms with E-state index in [-0.39, 0.29) is 63.1 Å². The standard InChI is InChI=1S/C67H122N12O15/c1-24-48-63(88)72(17)46(15)62(87)77(22)54(47(16)94-32-26-25-28-79-29-33-93-34-30-79)59(84)71-52(41(8)9)66(91)73(18)49(35-38(2)3)58(83)68-44(13)57(82)69-45(14)61(86)74(19)50(36-39(4)5)64(89)75(20)51(37-40(6)7)65(90)76(21)53(42(10)11)67(92)78(23)55(60(85)70-48)56(81)43(12)27-31-80/h38-56,80-81H,24-37H2,1-23H3,(H,68,83)(H,69,82)(H,70,85)(H,71,84)/t43-,44+,45-,46-,47-,48+,49+,50+,51+,52+,53+,54+,55+,56-/m1/s1. The lowest BCUT2D eigenvalue weighted by molar-refractivity contribution is -0.157. The Morgan fingerprint density at radius 3 is 1.46 bits per heavy atom. The van der Waals surface area contributed by atoms with Gasteiger partial charge in [-0.15, -0.1) is 0 Å². The van der Waals surface area contributed by atoms with Gasteiger partial charge in [0.15, 0.2) is 0 Å². The van der Waals surface area contributed by atoms with Crippen LogP contribution in [0.3, 0.4) is 0 Å². The molecule has 14 atom stereocenters. The number of carbonyl (C=O) groups excluding carboxylic acids is 11. The van der Waals surface area contributed by atoms with Crippen LogP contribution in [0.4, 0.5) is 0 Å². The summed E-state index contributed by atoms with van der Waals surface area (Å²) in [6, 6.07) is -14.4. The number of hydrogen-bond acceptors (Lipinski definition) is 16. The monoisotopic (exact) mass is 1330 g/mol. The third-order valence-electron chi connectivity index (χ3n) is 18.4. The van der Waals surface area contributed by atoms with E-state index in [1.54, 1.807) is 48.5 Å². The van der Waals surface area contributed by atoms with E-state index in [1.165, 1.54) is 89.7 Å². The van der Waals surface area contributed by atoms with E-state index in [9.17, 15) is 43.8 Å². The Morgan fingerprint density at radius 2 is 0.957 bits per heavy atom. The first-order valence-electron chi connectivity index (χ1n) is 34.0. The molecule has 0 aliphatic carbocycles. The maximum Gasteiger partial charge on any atom is 0.246 e. The molecule has 27 nitrogen and oxygen atoms in total. The lowest BCUT2D eigenvalue weighted by Crippen LogP contribution is -2.64. The molecule has 2 aliphatic rings. The highest BCUT2D eigenvalue weighted by Crippen LogP contribution is 2.26. The number of rotatable bonds is 20. The number of ether oxygens (including phenoxy) is 2. The molecule has 27 heteroatoms. The number of nitrogens with one attached hydrogen (secondary N) is 4. The van der Waals surface area contributed by atoms with Gasteiger partial charge in [0, 0.05) is 75.6 Å². The zero-order valence-corrected chi connectivity index (χ0v) is 61.1. The molecular weight excluding hydrogens is 1210 g/mol. The van der Waals surface area contributed by atoms with Gasteiger partial charge >= 0.3 is 0 Å². The number of nitrogens with zero attached hydrogens (tertiary/aromatic N) is 8. The Morgan fingerprint density at radius 1 is 0.489 bits per heavy atom. The largest absolute Gasteiger partial charge is 0.396 e. The van der Waals surface area contributed by atoms with Crippen LogP contribution in [0.1, 0.15) is 156 Å². The molecular formula is C67H122N12O15. The molecule has 540 valence electrons. The summed E-state index contributed by atoms with van der Waals surface area (Å²) in [7, 11) is 9.75. The van der Waals surface area contributed by atoms with Crippen molar-refractivity contribution in [2.24, 2.45) is 35.5 Å². The van der Waals surface area contributed by atoms with Crippen molar-refractivity contribution in [2.75, 3.05) is 95.4 Å². The Bertz CT molecular complexity index is 2510. The highest BCUT2D eigenvalue weighted by atomic mass is 16.5. The van der Waals surface area contributed by atoms with Gasteiger partial charge in [-0.25, -0.2) is 0 Å². The molecule has 0 radical (unpaired) electrons. The minimum absolute atomic E-state index is 0.00786. The van der Waals surface area contributed by atoms with Crippen molar-refractivity contribution in [1.29, 1.82) is 0 Å².